The molecule has 20 heavy (non-hydrogen) atoms. The van der Waals surface area contributed by atoms with E-state index in [2.05, 4.69) is 30.3 Å². The summed E-state index contributed by atoms with van der Waals surface area (Å²) in [7, 11) is 0. The summed E-state index contributed by atoms with van der Waals surface area (Å²) in [4.78, 5) is 0. The van der Waals surface area contributed by atoms with Crippen LogP contribution in [0, 0.1) is 5.41 Å². The largest absolute Gasteiger partial charge is 0.388 e. The van der Waals surface area contributed by atoms with E-state index in [1.54, 1.807) is 0 Å². The van der Waals surface area contributed by atoms with Crippen molar-refractivity contribution in [3.63, 3.8) is 0 Å². The normalized spacial score (nSPS) is 19.9. The Morgan fingerprint density at radius 2 is 1.70 bits per heavy atom. The fraction of sp³-hybridized carbons (Fsp3) is 0.444. The Morgan fingerprint density at radius 1 is 1.00 bits per heavy atom. The molecule has 0 aromatic heterocycles. The monoisotopic (exact) mass is 269 g/mol. The maximum atomic E-state index is 10.9. The standard InChI is InChI=1S/C18H23NO/c19-13-18(10-4-1-5-11-18)17(20)16-9-8-14-6-2-3-7-15(14)12-16/h2-3,6-9,12,17,20H,1,4-5,10-11,13,19H2. The van der Waals surface area contributed by atoms with Gasteiger partial charge in [-0.25, -0.2) is 0 Å². The van der Waals surface area contributed by atoms with E-state index in [9.17, 15) is 5.11 Å². The fourth-order valence-corrected chi connectivity index (χ4v) is 3.58. The van der Waals surface area contributed by atoms with E-state index in [0.717, 1.165) is 18.4 Å². The van der Waals surface area contributed by atoms with Gasteiger partial charge in [0.25, 0.3) is 0 Å². The summed E-state index contributed by atoms with van der Waals surface area (Å²) in [5.74, 6) is 0. The second-order valence-electron chi connectivity index (χ2n) is 6.14. The van der Waals surface area contributed by atoms with Crippen molar-refractivity contribution < 1.29 is 5.11 Å². The van der Waals surface area contributed by atoms with Gasteiger partial charge in [0.2, 0.25) is 0 Å². The Labute approximate surface area is 120 Å². The van der Waals surface area contributed by atoms with Crippen molar-refractivity contribution in [2.24, 2.45) is 11.1 Å². The lowest BCUT2D eigenvalue weighted by molar-refractivity contribution is 0.000782. The van der Waals surface area contributed by atoms with Gasteiger partial charge in [-0.2, -0.15) is 0 Å². The van der Waals surface area contributed by atoms with Gasteiger partial charge < -0.3 is 10.8 Å². The highest BCUT2D eigenvalue weighted by atomic mass is 16.3. The number of aliphatic hydroxyl groups excluding tert-OH is 1. The Hall–Kier alpha value is -1.38. The SMILES string of the molecule is NCC1(C(O)c2ccc3ccccc3c2)CCCCC1. The first-order valence-electron chi connectivity index (χ1n) is 7.62. The van der Waals surface area contributed by atoms with Crippen molar-refractivity contribution in [2.75, 3.05) is 6.54 Å². The molecule has 0 saturated heterocycles. The van der Waals surface area contributed by atoms with Gasteiger partial charge in [-0.3, -0.25) is 0 Å². The number of hydrogen-bond acceptors (Lipinski definition) is 2. The third-order valence-electron chi connectivity index (χ3n) is 4.93. The fourth-order valence-electron chi connectivity index (χ4n) is 3.58. The van der Waals surface area contributed by atoms with E-state index in [0.29, 0.717) is 6.54 Å². The highest BCUT2D eigenvalue weighted by Gasteiger charge is 2.38. The molecule has 0 radical (unpaired) electrons. The van der Waals surface area contributed by atoms with Gasteiger partial charge >= 0.3 is 0 Å². The second-order valence-corrected chi connectivity index (χ2v) is 6.14. The van der Waals surface area contributed by atoms with Gasteiger partial charge in [0.1, 0.15) is 0 Å². The maximum Gasteiger partial charge on any atom is 0.0858 e. The van der Waals surface area contributed by atoms with Crippen molar-refractivity contribution in [3.05, 3.63) is 48.0 Å². The molecule has 1 aliphatic carbocycles. The quantitative estimate of drug-likeness (QED) is 0.890. The summed E-state index contributed by atoms with van der Waals surface area (Å²) in [6.45, 7) is 0.570. The smallest absolute Gasteiger partial charge is 0.0858 e. The second kappa shape index (κ2) is 5.55. The zero-order valence-electron chi connectivity index (χ0n) is 11.9. The van der Waals surface area contributed by atoms with Gasteiger partial charge in [0.15, 0.2) is 0 Å². The van der Waals surface area contributed by atoms with Crippen molar-refractivity contribution in [3.8, 4) is 0 Å². The Kier molecular flexibility index (Phi) is 3.77. The molecule has 1 aliphatic rings. The molecule has 2 nitrogen and oxygen atoms in total. The molecule has 1 fully saturated rings. The van der Waals surface area contributed by atoms with E-state index in [1.165, 1.54) is 30.0 Å². The van der Waals surface area contributed by atoms with E-state index >= 15 is 0 Å². The van der Waals surface area contributed by atoms with Crippen LogP contribution in [0.4, 0.5) is 0 Å². The predicted octanol–water partition coefficient (Wildman–Crippen LogP) is 3.78. The van der Waals surface area contributed by atoms with Crippen LogP contribution in [0.1, 0.15) is 43.8 Å². The van der Waals surface area contributed by atoms with E-state index in [4.69, 9.17) is 5.73 Å². The van der Waals surface area contributed by atoms with Crippen LogP contribution in [-0.4, -0.2) is 11.7 Å². The minimum Gasteiger partial charge on any atom is -0.388 e. The first-order chi connectivity index (χ1) is 9.75. The van der Waals surface area contributed by atoms with E-state index in [1.807, 2.05) is 12.1 Å². The number of fused-ring (bicyclic) bond motifs is 1. The molecule has 2 aromatic carbocycles. The van der Waals surface area contributed by atoms with Gasteiger partial charge in [0.05, 0.1) is 6.10 Å². The van der Waals surface area contributed by atoms with Crippen LogP contribution in [0.5, 0.6) is 0 Å². The minimum atomic E-state index is -0.447. The third kappa shape index (κ3) is 2.34. The maximum absolute atomic E-state index is 10.9. The number of hydrogen-bond donors (Lipinski definition) is 2. The highest BCUT2D eigenvalue weighted by Crippen LogP contribution is 2.45. The molecule has 0 amide bonds. The molecule has 0 aliphatic heterocycles. The summed E-state index contributed by atoms with van der Waals surface area (Å²) in [6, 6.07) is 14.6. The molecule has 0 bridgehead atoms. The minimum absolute atomic E-state index is 0.124. The zero-order valence-corrected chi connectivity index (χ0v) is 11.9. The van der Waals surface area contributed by atoms with Crippen LogP contribution in [0.25, 0.3) is 10.8 Å². The molecular formula is C18H23NO. The Bertz CT molecular complexity index is 587. The average molecular weight is 269 g/mol. The number of aliphatic hydroxyl groups is 1. The van der Waals surface area contributed by atoms with Crippen LogP contribution in [0.3, 0.4) is 0 Å². The summed E-state index contributed by atoms with van der Waals surface area (Å²) in [5, 5.41) is 13.3. The molecule has 3 rings (SSSR count). The molecule has 0 spiro atoms. The molecule has 1 atom stereocenters. The lowest BCUT2D eigenvalue weighted by Crippen LogP contribution is -2.38. The number of nitrogens with two attached hydrogens (primary N) is 1. The Balaban J connectivity index is 1.96. The van der Waals surface area contributed by atoms with Crippen LogP contribution in [0.15, 0.2) is 42.5 Å². The molecule has 2 aromatic rings. The van der Waals surface area contributed by atoms with E-state index < -0.39 is 6.10 Å². The lowest BCUT2D eigenvalue weighted by Gasteiger charge is -2.40. The predicted molar refractivity (Wildman–Crippen MR) is 83.5 cm³/mol. The van der Waals surface area contributed by atoms with Gasteiger partial charge in [-0.05, 0) is 35.2 Å². The lowest BCUT2D eigenvalue weighted by atomic mass is 9.68. The van der Waals surface area contributed by atoms with Crippen LogP contribution in [-0.2, 0) is 0 Å². The third-order valence-corrected chi connectivity index (χ3v) is 4.93. The molecule has 3 N–H and O–H groups in total. The van der Waals surface area contributed by atoms with Crippen molar-refractivity contribution in [2.45, 2.75) is 38.2 Å². The zero-order chi connectivity index (χ0) is 14.0. The van der Waals surface area contributed by atoms with Crippen LogP contribution >= 0.6 is 0 Å². The number of rotatable bonds is 3. The van der Waals surface area contributed by atoms with Crippen molar-refractivity contribution in [1.82, 2.24) is 0 Å². The first kappa shape index (κ1) is 13.6. The topological polar surface area (TPSA) is 46.2 Å². The number of benzene rings is 2. The molecule has 1 saturated carbocycles. The molecule has 0 heterocycles. The van der Waals surface area contributed by atoms with Gasteiger partial charge in [-0.1, -0.05) is 55.7 Å². The molecule has 106 valence electrons. The van der Waals surface area contributed by atoms with Crippen LogP contribution < -0.4 is 5.73 Å². The summed E-state index contributed by atoms with van der Waals surface area (Å²) in [5.41, 5.74) is 6.92. The van der Waals surface area contributed by atoms with Crippen LogP contribution in [0.2, 0.25) is 0 Å². The molecule has 1 unspecified atom stereocenters. The summed E-state index contributed by atoms with van der Waals surface area (Å²) in [6.07, 6.45) is 5.27. The van der Waals surface area contributed by atoms with Crippen molar-refractivity contribution >= 4 is 10.8 Å². The molecular weight excluding hydrogens is 246 g/mol. The van der Waals surface area contributed by atoms with Gasteiger partial charge in [-0.15, -0.1) is 0 Å². The van der Waals surface area contributed by atoms with Crippen molar-refractivity contribution in [1.29, 1.82) is 0 Å². The summed E-state index contributed by atoms with van der Waals surface area (Å²) >= 11 is 0. The average Bonchev–Trinajstić information content (AvgIpc) is 2.54. The first-order valence-corrected chi connectivity index (χ1v) is 7.62. The molecule has 2 heteroatoms. The Morgan fingerprint density at radius 3 is 2.40 bits per heavy atom. The van der Waals surface area contributed by atoms with Gasteiger partial charge in [0, 0.05) is 12.0 Å². The highest BCUT2D eigenvalue weighted by molar-refractivity contribution is 5.83. The van der Waals surface area contributed by atoms with E-state index in [-0.39, 0.29) is 5.41 Å². The summed E-state index contributed by atoms with van der Waals surface area (Å²) < 4.78 is 0.